The quantitative estimate of drug-likeness (QED) is 0.715. The zero-order chi connectivity index (χ0) is 18.9. The van der Waals surface area contributed by atoms with Crippen molar-refractivity contribution in [1.29, 1.82) is 0 Å². The van der Waals surface area contributed by atoms with Crippen molar-refractivity contribution in [3.8, 4) is 11.3 Å². The van der Waals surface area contributed by atoms with Crippen LogP contribution in [0.3, 0.4) is 0 Å². The van der Waals surface area contributed by atoms with Gasteiger partial charge in [0.2, 0.25) is 5.91 Å². The maximum Gasteiger partial charge on any atom is 0.224 e. The van der Waals surface area contributed by atoms with Crippen molar-refractivity contribution in [1.82, 2.24) is 0 Å². The van der Waals surface area contributed by atoms with Crippen LogP contribution < -0.4 is 10.7 Å². The Kier molecular flexibility index (Phi) is 4.68. The fraction of sp³-hybridized carbons (Fsp3) is 0.273. The van der Waals surface area contributed by atoms with Gasteiger partial charge in [-0.3, -0.25) is 9.59 Å². The largest absolute Gasteiger partial charge is 0.456 e. The first-order valence-electron chi connectivity index (χ1n) is 8.76. The van der Waals surface area contributed by atoms with Crippen molar-refractivity contribution < 1.29 is 9.21 Å². The molecule has 0 aliphatic carbocycles. The summed E-state index contributed by atoms with van der Waals surface area (Å²) in [6, 6.07) is 14.6. The second-order valence-corrected chi connectivity index (χ2v) is 7.41. The summed E-state index contributed by atoms with van der Waals surface area (Å²) in [6.45, 7) is 8.26. The second-order valence-electron chi connectivity index (χ2n) is 7.41. The number of hydrogen-bond donors (Lipinski definition) is 1. The summed E-state index contributed by atoms with van der Waals surface area (Å²) in [7, 11) is 0. The number of amides is 1. The van der Waals surface area contributed by atoms with Gasteiger partial charge in [0.15, 0.2) is 5.43 Å². The van der Waals surface area contributed by atoms with Crippen molar-refractivity contribution in [3.05, 3.63) is 64.3 Å². The van der Waals surface area contributed by atoms with Gasteiger partial charge in [0.25, 0.3) is 0 Å². The highest BCUT2D eigenvalue weighted by Crippen LogP contribution is 2.27. The first-order valence-corrected chi connectivity index (χ1v) is 8.76. The van der Waals surface area contributed by atoms with E-state index in [4.69, 9.17) is 4.42 Å². The Balaban J connectivity index is 2.04. The van der Waals surface area contributed by atoms with Gasteiger partial charge < -0.3 is 9.73 Å². The van der Waals surface area contributed by atoms with Crippen molar-refractivity contribution in [3.63, 3.8) is 0 Å². The lowest BCUT2D eigenvalue weighted by Gasteiger charge is -2.19. The average Bonchev–Trinajstić information content (AvgIpc) is 2.60. The molecule has 4 nitrogen and oxygen atoms in total. The number of anilines is 1. The van der Waals surface area contributed by atoms with E-state index in [1.807, 2.05) is 12.1 Å². The molecule has 134 valence electrons. The zero-order valence-corrected chi connectivity index (χ0v) is 15.6. The zero-order valence-electron chi connectivity index (χ0n) is 15.6. The molecule has 0 bridgehead atoms. The Morgan fingerprint density at radius 2 is 1.73 bits per heavy atom. The van der Waals surface area contributed by atoms with E-state index in [2.05, 4.69) is 38.2 Å². The molecule has 1 amide bonds. The SMILES string of the molecule is CCC(=O)Nc1ccc2c(=O)cc(-c3ccc(C(C)(C)C)cc3)oc2c1. The normalized spacial score (nSPS) is 11.5. The molecule has 4 heteroatoms. The van der Waals surface area contributed by atoms with Crippen LogP contribution in [0.25, 0.3) is 22.3 Å². The van der Waals surface area contributed by atoms with E-state index < -0.39 is 0 Å². The molecule has 0 aliphatic heterocycles. The van der Waals surface area contributed by atoms with Crippen LogP contribution in [0.5, 0.6) is 0 Å². The molecule has 26 heavy (non-hydrogen) atoms. The third kappa shape index (κ3) is 3.69. The third-order valence-electron chi connectivity index (χ3n) is 4.37. The van der Waals surface area contributed by atoms with Gasteiger partial charge in [0, 0.05) is 29.8 Å². The highest BCUT2D eigenvalue weighted by atomic mass is 16.3. The van der Waals surface area contributed by atoms with Gasteiger partial charge in [-0.05, 0) is 23.1 Å². The number of hydrogen-bond acceptors (Lipinski definition) is 3. The summed E-state index contributed by atoms with van der Waals surface area (Å²) >= 11 is 0. The molecule has 1 N–H and O–H groups in total. The predicted octanol–water partition coefficient (Wildman–Crippen LogP) is 5.11. The number of benzene rings is 2. The molecule has 3 rings (SSSR count). The second kappa shape index (κ2) is 6.79. The van der Waals surface area contributed by atoms with Crippen molar-refractivity contribution >= 4 is 22.6 Å². The van der Waals surface area contributed by atoms with Crippen LogP contribution in [0.4, 0.5) is 5.69 Å². The minimum Gasteiger partial charge on any atom is -0.456 e. The maximum atomic E-state index is 12.4. The van der Waals surface area contributed by atoms with E-state index in [9.17, 15) is 9.59 Å². The van der Waals surface area contributed by atoms with E-state index in [1.54, 1.807) is 25.1 Å². The molecule has 0 saturated heterocycles. The van der Waals surface area contributed by atoms with Crippen LogP contribution in [0, 0.1) is 0 Å². The number of rotatable bonds is 3. The van der Waals surface area contributed by atoms with Gasteiger partial charge in [-0.25, -0.2) is 0 Å². The van der Waals surface area contributed by atoms with Crippen molar-refractivity contribution in [2.45, 2.75) is 39.5 Å². The Bertz CT molecular complexity index is 1010. The van der Waals surface area contributed by atoms with Gasteiger partial charge in [-0.1, -0.05) is 52.0 Å². The smallest absolute Gasteiger partial charge is 0.224 e. The van der Waals surface area contributed by atoms with E-state index in [0.29, 0.717) is 28.8 Å². The minimum atomic E-state index is -0.102. The van der Waals surface area contributed by atoms with E-state index in [-0.39, 0.29) is 16.8 Å². The topological polar surface area (TPSA) is 59.3 Å². The van der Waals surface area contributed by atoms with Crippen LogP contribution in [-0.2, 0) is 10.2 Å². The minimum absolute atomic E-state index is 0.0646. The van der Waals surface area contributed by atoms with Gasteiger partial charge in [0.05, 0.1) is 5.39 Å². The Hall–Kier alpha value is -2.88. The van der Waals surface area contributed by atoms with Crippen molar-refractivity contribution in [2.75, 3.05) is 5.32 Å². The fourth-order valence-corrected chi connectivity index (χ4v) is 2.76. The number of fused-ring (bicyclic) bond motifs is 1. The van der Waals surface area contributed by atoms with E-state index in [0.717, 1.165) is 5.56 Å². The molecular weight excluding hydrogens is 326 g/mol. The molecule has 1 aromatic heterocycles. The van der Waals surface area contributed by atoms with Crippen LogP contribution in [0.1, 0.15) is 39.7 Å². The molecule has 0 saturated carbocycles. The molecule has 0 radical (unpaired) electrons. The average molecular weight is 349 g/mol. The van der Waals surface area contributed by atoms with Crippen LogP contribution >= 0.6 is 0 Å². The van der Waals surface area contributed by atoms with E-state index >= 15 is 0 Å². The maximum absolute atomic E-state index is 12.4. The van der Waals surface area contributed by atoms with E-state index in [1.165, 1.54) is 11.6 Å². The molecule has 0 aliphatic rings. The fourth-order valence-electron chi connectivity index (χ4n) is 2.76. The molecule has 0 unspecified atom stereocenters. The Labute approximate surface area is 152 Å². The Morgan fingerprint density at radius 1 is 1.04 bits per heavy atom. The summed E-state index contributed by atoms with van der Waals surface area (Å²) in [5.74, 6) is 0.433. The van der Waals surface area contributed by atoms with Gasteiger partial charge in [0.1, 0.15) is 11.3 Å². The molecule has 3 aromatic rings. The van der Waals surface area contributed by atoms with Gasteiger partial charge >= 0.3 is 0 Å². The molecule has 0 spiro atoms. The standard InChI is InChI=1S/C22H23NO3/c1-5-21(25)23-16-10-11-17-18(24)13-19(26-20(17)12-16)14-6-8-15(9-7-14)22(2,3)4/h6-13H,5H2,1-4H3,(H,23,25). The Morgan fingerprint density at radius 3 is 2.35 bits per heavy atom. The number of carbonyl (C=O) groups excluding carboxylic acids is 1. The van der Waals surface area contributed by atoms with Gasteiger partial charge in [-0.2, -0.15) is 0 Å². The highest BCUT2D eigenvalue weighted by molar-refractivity contribution is 5.93. The van der Waals surface area contributed by atoms with Crippen LogP contribution in [0.15, 0.2) is 57.7 Å². The highest BCUT2D eigenvalue weighted by Gasteiger charge is 2.14. The summed E-state index contributed by atoms with van der Waals surface area (Å²) in [5, 5.41) is 3.28. The summed E-state index contributed by atoms with van der Waals surface area (Å²) in [5.41, 5.74) is 3.10. The molecular formula is C22H23NO3. The monoisotopic (exact) mass is 349 g/mol. The van der Waals surface area contributed by atoms with Gasteiger partial charge in [-0.15, -0.1) is 0 Å². The number of carbonyl (C=O) groups is 1. The third-order valence-corrected chi connectivity index (χ3v) is 4.37. The van der Waals surface area contributed by atoms with Crippen LogP contribution in [-0.4, -0.2) is 5.91 Å². The first-order chi connectivity index (χ1) is 12.3. The first kappa shape index (κ1) is 17.9. The number of nitrogens with one attached hydrogen (secondary N) is 1. The molecule has 2 aromatic carbocycles. The molecule has 1 heterocycles. The summed E-state index contributed by atoms with van der Waals surface area (Å²) < 4.78 is 5.96. The lowest BCUT2D eigenvalue weighted by molar-refractivity contribution is -0.115. The summed E-state index contributed by atoms with van der Waals surface area (Å²) in [4.78, 5) is 24.0. The molecule has 0 fully saturated rings. The molecule has 0 atom stereocenters. The summed E-state index contributed by atoms with van der Waals surface area (Å²) in [6.07, 6.45) is 0.391. The predicted molar refractivity (Wildman–Crippen MR) is 106 cm³/mol. The van der Waals surface area contributed by atoms with Crippen LogP contribution in [0.2, 0.25) is 0 Å². The lowest BCUT2D eigenvalue weighted by atomic mass is 9.86. The lowest BCUT2D eigenvalue weighted by Crippen LogP contribution is -2.10. The van der Waals surface area contributed by atoms with Crippen molar-refractivity contribution in [2.24, 2.45) is 0 Å².